The van der Waals surface area contributed by atoms with Crippen LogP contribution >= 0.6 is 0 Å². The number of benzene rings is 2. The van der Waals surface area contributed by atoms with Crippen molar-refractivity contribution in [1.29, 1.82) is 0 Å². The van der Waals surface area contributed by atoms with Crippen molar-refractivity contribution in [2.24, 2.45) is 29.4 Å². The zero-order valence-electron chi connectivity index (χ0n) is 25.7. The zero-order valence-corrected chi connectivity index (χ0v) is 25.7. The van der Waals surface area contributed by atoms with Gasteiger partial charge in [0.05, 0.1) is 24.6 Å². The molecule has 3 aliphatic carbocycles. The van der Waals surface area contributed by atoms with E-state index in [0.717, 1.165) is 43.6 Å². The molecule has 0 radical (unpaired) electrons. The van der Waals surface area contributed by atoms with Gasteiger partial charge in [-0.3, -0.25) is 33.8 Å². The van der Waals surface area contributed by atoms with Crippen LogP contribution in [0.3, 0.4) is 0 Å². The van der Waals surface area contributed by atoms with Gasteiger partial charge in [0.1, 0.15) is 11.5 Å². The number of likely N-dealkylation sites (tertiary alicyclic amines) is 1. The topological polar surface area (TPSA) is 168 Å². The van der Waals surface area contributed by atoms with Gasteiger partial charge in [-0.2, -0.15) is 0 Å². The summed E-state index contributed by atoms with van der Waals surface area (Å²) < 4.78 is 5.73. The predicted octanol–water partition coefficient (Wildman–Crippen LogP) is 1.53. The fourth-order valence-electron chi connectivity index (χ4n) is 8.30. The van der Waals surface area contributed by atoms with Gasteiger partial charge in [-0.05, 0) is 93.7 Å². The van der Waals surface area contributed by atoms with Crippen LogP contribution < -0.4 is 10.5 Å². The summed E-state index contributed by atoms with van der Waals surface area (Å²) >= 11 is 0. The van der Waals surface area contributed by atoms with Crippen molar-refractivity contribution >= 4 is 29.0 Å². The number of amides is 1. The number of ketones is 4. The Morgan fingerprint density at radius 1 is 1.04 bits per heavy atom. The molecule has 1 heterocycles. The summed E-state index contributed by atoms with van der Waals surface area (Å²) in [7, 11) is 4.69. The van der Waals surface area contributed by atoms with Gasteiger partial charge in [-0.15, -0.1) is 0 Å². The maximum Gasteiger partial charge on any atom is 0.235 e. The third kappa shape index (κ3) is 4.79. The molecule has 4 aliphatic rings. The Morgan fingerprint density at radius 2 is 1.76 bits per heavy atom. The summed E-state index contributed by atoms with van der Waals surface area (Å²) in [4.78, 5) is 71.2. The molecule has 4 N–H and O–H groups in total. The minimum atomic E-state index is -2.75. The van der Waals surface area contributed by atoms with Crippen molar-refractivity contribution < 1.29 is 38.9 Å². The summed E-state index contributed by atoms with van der Waals surface area (Å²) in [6.07, 6.45) is 3.70. The smallest absolute Gasteiger partial charge is 0.235 e. The zero-order chi connectivity index (χ0) is 32.4. The fourth-order valence-corrected chi connectivity index (χ4v) is 8.30. The lowest BCUT2D eigenvalue weighted by Crippen LogP contribution is -2.74. The van der Waals surface area contributed by atoms with Crippen LogP contribution in [0.5, 0.6) is 11.5 Å². The minimum Gasteiger partial charge on any atom is -0.507 e. The number of primary amides is 1. The molecular formula is C34H39N3O8. The molecule has 6 atom stereocenters. The second-order valence-corrected chi connectivity index (χ2v) is 13.1. The molecule has 1 amide bonds. The lowest BCUT2D eigenvalue weighted by Gasteiger charge is -2.52. The molecule has 0 aromatic heterocycles. The number of nitrogens with two attached hydrogens (primary N) is 1. The summed E-state index contributed by atoms with van der Waals surface area (Å²) in [5, 5.41) is 22.8. The molecule has 1 aliphatic heterocycles. The molecule has 0 bridgehead atoms. The first kappa shape index (κ1) is 31.1. The first-order valence-electron chi connectivity index (χ1n) is 15.5. The van der Waals surface area contributed by atoms with E-state index in [4.69, 9.17) is 10.5 Å². The van der Waals surface area contributed by atoms with E-state index in [1.54, 1.807) is 27.3 Å². The van der Waals surface area contributed by atoms with Crippen molar-refractivity contribution in [1.82, 2.24) is 9.80 Å². The van der Waals surface area contributed by atoms with Crippen LogP contribution in [0.25, 0.3) is 11.1 Å². The predicted molar refractivity (Wildman–Crippen MR) is 162 cm³/mol. The Hall–Kier alpha value is -3.93. The average Bonchev–Trinajstić information content (AvgIpc) is 2.99. The summed E-state index contributed by atoms with van der Waals surface area (Å²) in [6.45, 7) is 2.80. The summed E-state index contributed by atoms with van der Waals surface area (Å²) in [6, 6.07) is 7.93. The molecule has 1 saturated heterocycles. The molecule has 2 aromatic carbocycles. The number of nitrogens with zero attached hydrogens (tertiary/aromatic N) is 2. The molecule has 3 fully saturated rings. The maximum atomic E-state index is 14.2. The number of aromatic hydroxyl groups is 1. The van der Waals surface area contributed by atoms with Crippen LogP contribution in [-0.2, 0) is 32.1 Å². The number of carbonyl (C=O) groups excluding carboxylic acids is 5. The Balaban J connectivity index is 1.44. The number of methoxy groups -OCH3 is 1. The molecule has 0 spiro atoms. The molecule has 238 valence electrons. The van der Waals surface area contributed by atoms with E-state index in [-0.39, 0.29) is 24.2 Å². The molecule has 11 heteroatoms. The van der Waals surface area contributed by atoms with Gasteiger partial charge in [0.25, 0.3) is 0 Å². The van der Waals surface area contributed by atoms with Crippen LogP contribution in [0.15, 0.2) is 30.3 Å². The highest BCUT2D eigenvalue weighted by atomic mass is 16.5. The number of piperidine rings is 1. The normalized spacial score (nSPS) is 30.1. The SMILES string of the molecule is COc1ccc(CN2CCCCC2)cc1-c1ccc(O)c2c1C[C@H]1C[C@H]3C(N(C)C)C(=O)C(C(N)=O)C(=O)[C@@]3(O)C(=O)C1C2=O. The third-order valence-corrected chi connectivity index (χ3v) is 10.4. The lowest BCUT2D eigenvalue weighted by molar-refractivity contribution is -0.181. The molecule has 2 saturated carbocycles. The number of rotatable bonds is 6. The Bertz CT molecular complexity index is 1610. The van der Waals surface area contributed by atoms with E-state index < -0.39 is 64.4 Å². The van der Waals surface area contributed by atoms with E-state index >= 15 is 0 Å². The van der Waals surface area contributed by atoms with E-state index in [1.165, 1.54) is 17.4 Å². The largest absolute Gasteiger partial charge is 0.507 e. The average molecular weight is 618 g/mol. The molecule has 11 nitrogen and oxygen atoms in total. The first-order chi connectivity index (χ1) is 21.4. The lowest BCUT2D eigenvalue weighted by atomic mass is 9.52. The van der Waals surface area contributed by atoms with Gasteiger partial charge in [-0.25, -0.2) is 0 Å². The highest BCUT2D eigenvalue weighted by Crippen LogP contribution is 2.52. The van der Waals surface area contributed by atoms with Crippen LogP contribution in [0.1, 0.15) is 47.2 Å². The second kappa shape index (κ2) is 11.5. The van der Waals surface area contributed by atoms with Gasteiger partial charge < -0.3 is 20.7 Å². The van der Waals surface area contributed by atoms with Crippen molar-refractivity contribution in [3.63, 3.8) is 0 Å². The van der Waals surface area contributed by atoms with Crippen molar-refractivity contribution in [2.45, 2.75) is 50.3 Å². The van der Waals surface area contributed by atoms with E-state index in [1.807, 2.05) is 18.2 Å². The van der Waals surface area contributed by atoms with Gasteiger partial charge in [0.2, 0.25) is 5.91 Å². The summed E-state index contributed by atoms with van der Waals surface area (Å²) in [5.41, 5.74) is 5.64. The minimum absolute atomic E-state index is 0.00880. The van der Waals surface area contributed by atoms with Gasteiger partial charge >= 0.3 is 0 Å². The Morgan fingerprint density at radius 3 is 2.40 bits per heavy atom. The van der Waals surface area contributed by atoms with Crippen LogP contribution in [-0.4, -0.2) is 95.0 Å². The number of fused-ring (bicyclic) bond motifs is 3. The highest BCUT2D eigenvalue weighted by Gasteiger charge is 2.69. The van der Waals surface area contributed by atoms with E-state index in [0.29, 0.717) is 16.9 Å². The van der Waals surface area contributed by atoms with Gasteiger partial charge in [0, 0.05) is 18.0 Å². The highest BCUT2D eigenvalue weighted by molar-refractivity contribution is 6.32. The van der Waals surface area contributed by atoms with E-state index in [2.05, 4.69) is 4.90 Å². The van der Waals surface area contributed by atoms with Gasteiger partial charge in [0.15, 0.2) is 34.7 Å². The first-order valence-corrected chi connectivity index (χ1v) is 15.5. The Kier molecular flexibility index (Phi) is 7.91. The van der Waals surface area contributed by atoms with Gasteiger partial charge in [-0.1, -0.05) is 18.6 Å². The molecule has 3 unspecified atom stereocenters. The van der Waals surface area contributed by atoms with Crippen LogP contribution in [0, 0.1) is 23.7 Å². The number of ether oxygens (including phenoxy) is 1. The number of hydrogen-bond donors (Lipinski definition) is 3. The fraction of sp³-hybridized carbons (Fsp3) is 0.500. The standard InChI is InChI=1S/C34H39N3O8/c1-36(2)28-22-15-18-14-21-19(20-13-17(7-10-24(20)45-3)16-37-11-5-4-6-12-37)8-9-23(38)26(21)29(39)25(18)31(41)34(22,44)32(42)27(30(28)40)33(35)43/h7-10,13,18,22,25,27-28,38,44H,4-6,11-12,14-16H2,1-3H3,(H2,35,43)/t18-,22-,25?,27?,28?,34-/m0/s1. The number of carbonyl (C=O) groups is 5. The molecular weight excluding hydrogens is 578 g/mol. The van der Waals surface area contributed by atoms with Crippen molar-refractivity contribution in [2.75, 3.05) is 34.3 Å². The number of aliphatic hydroxyl groups is 1. The second-order valence-electron chi connectivity index (χ2n) is 13.1. The molecule has 6 rings (SSSR count). The quantitative estimate of drug-likeness (QED) is 0.405. The Labute approximate surface area is 261 Å². The summed E-state index contributed by atoms with van der Waals surface area (Å²) in [5.74, 6) is -10.1. The van der Waals surface area contributed by atoms with Crippen LogP contribution in [0.4, 0.5) is 0 Å². The van der Waals surface area contributed by atoms with Crippen LogP contribution in [0.2, 0.25) is 0 Å². The van der Waals surface area contributed by atoms with Crippen molar-refractivity contribution in [3.8, 4) is 22.6 Å². The van der Waals surface area contributed by atoms with E-state index in [9.17, 15) is 34.2 Å². The number of likely N-dealkylation sites (N-methyl/N-ethyl adjacent to an activating group) is 1. The maximum absolute atomic E-state index is 14.2. The molecule has 45 heavy (non-hydrogen) atoms. The number of Topliss-reactive ketones (excluding diaryl/α,β-unsaturated/α-hetero) is 4. The number of hydrogen-bond acceptors (Lipinski definition) is 10. The van der Waals surface area contributed by atoms with Crippen molar-refractivity contribution in [3.05, 3.63) is 47.0 Å². The third-order valence-electron chi connectivity index (χ3n) is 10.4. The monoisotopic (exact) mass is 617 g/mol. The number of phenols is 1. The molecule has 2 aromatic rings. The number of phenolic OH excluding ortho intramolecular Hbond substituents is 1.